The van der Waals surface area contributed by atoms with Crippen molar-refractivity contribution in [1.29, 1.82) is 0 Å². The maximum absolute atomic E-state index is 9.34. The highest BCUT2D eigenvalue weighted by molar-refractivity contribution is 5.19. The number of nitrogens with zero attached hydrogens (tertiary/aromatic N) is 1. The second-order valence-electron chi connectivity index (χ2n) is 5.06. The molecule has 0 spiro atoms. The first kappa shape index (κ1) is 11.4. The lowest BCUT2D eigenvalue weighted by Crippen LogP contribution is -2.32. The summed E-state index contributed by atoms with van der Waals surface area (Å²) in [6.45, 7) is 4.72. The van der Waals surface area contributed by atoms with Gasteiger partial charge in [0.2, 0.25) is 5.88 Å². The van der Waals surface area contributed by atoms with E-state index in [2.05, 4.69) is 11.9 Å². The largest absolute Gasteiger partial charge is 0.477 e. The van der Waals surface area contributed by atoms with E-state index in [1.807, 2.05) is 12.1 Å². The highest BCUT2D eigenvalue weighted by Crippen LogP contribution is 2.40. The monoisotopic (exact) mass is 221 g/mol. The van der Waals surface area contributed by atoms with Gasteiger partial charge >= 0.3 is 0 Å². The third-order valence-corrected chi connectivity index (χ3v) is 3.37. The summed E-state index contributed by atoms with van der Waals surface area (Å²) in [5, 5.41) is 9.34. The summed E-state index contributed by atoms with van der Waals surface area (Å²) in [7, 11) is 0. The van der Waals surface area contributed by atoms with Crippen LogP contribution in [0.4, 0.5) is 0 Å². The van der Waals surface area contributed by atoms with Crippen LogP contribution in [0.25, 0.3) is 0 Å². The minimum absolute atomic E-state index is 0.352. The lowest BCUT2D eigenvalue weighted by atomic mass is 9.71. The Bertz CT molecular complexity index is 341. The molecular formula is C13H19NO2. The SMILES string of the molecule is CC(O)c1ccc(OCC2(C)CCC2)nc1. The van der Waals surface area contributed by atoms with Crippen molar-refractivity contribution in [2.45, 2.75) is 39.2 Å². The highest BCUT2D eigenvalue weighted by Gasteiger charge is 2.32. The number of hydrogen-bond acceptors (Lipinski definition) is 3. The van der Waals surface area contributed by atoms with Crippen LogP contribution in [0.2, 0.25) is 0 Å². The number of rotatable bonds is 4. The molecule has 3 nitrogen and oxygen atoms in total. The fourth-order valence-electron chi connectivity index (χ4n) is 1.90. The van der Waals surface area contributed by atoms with Gasteiger partial charge in [0.25, 0.3) is 0 Å². The van der Waals surface area contributed by atoms with Crippen LogP contribution in [0.3, 0.4) is 0 Å². The number of aromatic nitrogens is 1. The topological polar surface area (TPSA) is 42.4 Å². The van der Waals surface area contributed by atoms with Gasteiger partial charge in [-0.25, -0.2) is 4.98 Å². The number of aliphatic hydroxyl groups excluding tert-OH is 1. The van der Waals surface area contributed by atoms with Crippen LogP contribution >= 0.6 is 0 Å². The Morgan fingerprint density at radius 1 is 1.50 bits per heavy atom. The van der Waals surface area contributed by atoms with Crippen LogP contribution in [0, 0.1) is 5.41 Å². The molecule has 0 saturated heterocycles. The Hall–Kier alpha value is -1.09. The normalized spacial score (nSPS) is 19.9. The molecule has 3 heteroatoms. The third kappa shape index (κ3) is 2.53. The number of ether oxygens (including phenoxy) is 1. The molecule has 1 fully saturated rings. The zero-order valence-corrected chi connectivity index (χ0v) is 9.94. The summed E-state index contributed by atoms with van der Waals surface area (Å²) >= 11 is 0. The Kier molecular flexibility index (Phi) is 3.15. The minimum atomic E-state index is -0.467. The maximum atomic E-state index is 9.34. The van der Waals surface area contributed by atoms with Gasteiger partial charge in [-0.1, -0.05) is 13.3 Å². The zero-order valence-electron chi connectivity index (χ0n) is 9.94. The van der Waals surface area contributed by atoms with Crippen LogP contribution in [-0.2, 0) is 0 Å². The van der Waals surface area contributed by atoms with Crippen LogP contribution < -0.4 is 4.74 Å². The van der Waals surface area contributed by atoms with E-state index in [-0.39, 0.29) is 0 Å². The van der Waals surface area contributed by atoms with Gasteiger partial charge in [-0.15, -0.1) is 0 Å². The molecule has 0 aromatic carbocycles. The molecular weight excluding hydrogens is 202 g/mol. The lowest BCUT2D eigenvalue weighted by molar-refractivity contribution is 0.0748. The molecule has 0 aliphatic heterocycles. The zero-order chi connectivity index (χ0) is 11.6. The number of hydrogen-bond donors (Lipinski definition) is 1. The predicted molar refractivity (Wildman–Crippen MR) is 62.3 cm³/mol. The summed E-state index contributed by atoms with van der Waals surface area (Å²) < 4.78 is 5.65. The molecule has 2 rings (SSSR count). The second-order valence-corrected chi connectivity index (χ2v) is 5.06. The maximum Gasteiger partial charge on any atom is 0.213 e. The Balaban J connectivity index is 1.90. The molecule has 0 bridgehead atoms. The lowest BCUT2D eigenvalue weighted by Gasteiger charge is -2.37. The molecule has 16 heavy (non-hydrogen) atoms. The van der Waals surface area contributed by atoms with E-state index in [1.54, 1.807) is 13.1 Å². The minimum Gasteiger partial charge on any atom is -0.477 e. The van der Waals surface area contributed by atoms with Crippen molar-refractivity contribution in [2.75, 3.05) is 6.61 Å². The van der Waals surface area contributed by atoms with Crippen LogP contribution in [0.5, 0.6) is 5.88 Å². The molecule has 1 heterocycles. The number of aliphatic hydroxyl groups is 1. The molecule has 1 aliphatic rings. The summed E-state index contributed by atoms with van der Waals surface area (Å²) in [6, 6.07) is 3.68. The molecule has 88 valence electrons. The van der Waals surface area contributed by atoms with Gasteiger partial charge in [0.05, 0.1) is 12.7 Å². The van der Waals surface area contributed by atoms with Gasteiger partial charge in [-0.3, -0.25) is 0 Å². The molecule has 1 aliphatic carbocycles. The molecule has 1 N–H and O–H groups in total. The van der Waals surface area contributed by atoms with Gasteiger partial charge in [0.15, 0.2) is 0 Å². The van der Waals surface area contributed by atoms with E-state index < -0.39 is 6.10 Å². The highest BCUT2D eigenvalue weighted by atomic mass is 16.5. The first-order valence-electron chi connectivity index (χ1n) is 5.86. The van der Waals surface area contributed by atoms with Crippen molar-refractivity contribution in [3.8, 4) is 5.88 Å². The standard InChI is InChI=1S/C13H19NO2/c1-10(15)11-4-5-12(14-8-11)16-9-13(2)6-3-7-13/h4-5,8,10,15H,3,6-7,9H2,1-2H3. The fraction of sp³-hybridized carbons (Fsp3) is 0.615. The molecule has 1 unspecified atom stereocenters. The predicted octanol–water partition coefficient (Wildman–Crippen LogP) is 2.70. The molecule has 1 saturated carbocycles. The van der Waals surface area contributed by atoms with Crippen LogP contribution in [0.1, 0.15) is 44.8 Å². The van der Waals surface area contributed by atoms with Crippen molar-refractivity contribution in [3.05, 3.63) is 23.9 Å². The molecule has 1 atom stereocenters. The summed E-state index contributed by atoms with van der Waals surface area (Å²) in [5.41, 5.74) is 1.17. The fourth-order valence-corrected chi connectivity index (χ4v) is 1.90. The summed E-state index contributed by atoms with van der Waals surface area (Å²) in [6.07, 6.45) is 5.01. The third-order valence-electron chi connectivity index (χ3n) is 3.37. The smallest absolute Gasteiger partial charge is 0.213 e. The first-order valence-corrected chi connectivity index (χ1v) is 5.86. The molecule has 1 aromatic heterocycles. The first-order chi connectivity index (χ1) is 7.59. The average Bonchev–Trinajstić information content (AvgIpc) is 2.24. The summed E-state index contributed by atoms with van der Waals surface area (Å²) in [5.74, 6) is 0.650. The Morgan fingerprint density at radius 3 is 2.69 bits per heavy atom. The van der Waals surface area contributed by atoms with Gasteiger partial charge in [-0.2, -0.15) is 0 Å². The van der Waals surface area contributed by atoms with Gasteiger partial charge < -0.3 is 9.84 Å². The van der Waals surface area contributed by atoms with Crippen molar-refractivity contribution in [3.63, 3.8) is 0 Å². The molecule has 0 amide bonds. The van der Waals surface area contributed by atoms with Gasteiger partial charge in [0.1, 0.15) is 0 Å². The van der Waals surface area contributed by atoms with Crippen molar-refractivity contribution >= 4 is 0 Å². The average molecular weight is 221 g/mol. The Morgan fingerprint density at radius 2 is 2.25 bits per heavy atom. The van der Waals surface area contributed by atoms with Crippen LogP contribution in [-0.4, -0.2) is 16.7 Å². The van der Waals surface area contributed by atoms with Crippen LogP contribution in [0.15, 0.2) is 18.3 Å². The Labute approximate surface area is 96.5 Å². The van der Waals surface area contributed by atoms with Gasteiger partial charge in [-0.05, 0) is 31.4 Å². The van der Waals surface area contributed by atoms with E-state index >= 15 is 0 Å². The van der Waals surface area contributed by atoms with E-state index in [1.165, 1.54) is 19.3 Å². The van der Waals surface area contributed by atoms with E-state index in [9.17, 15) is 5.11 Å². The molecule has 0 radical (unpaired) electrons. The second kappa shape index (κ2) is 4.42. The van der Waals surface area contributed by atoms with Gasteiger partial charge in [0, 0.05) is 17.7 Å². The van der Waals surface area contributed by atoms with E-state index in [4.69, 9.17) is 4.74 Å². The number of pyridine rings is 1. The molecule has 1 aromatic rings. The summed E-state index contributed by atoms with van der Waals surface area (Å²) in [4.78, 5) is 4.18. The van der Waals surface area contributed by atoms with Crippen molar-refractivity contribution in [1.82, 2.24) is 4.98 Å². The van der Waals surface area contributed by atoms with Crippen molar-refractivity contribution < 1.29 is 9.84 Å². The van der Waals surface area contributed by atoms with Crippen molar-refractivity contribution in [2.24, 2.45) is 5.41 Å². The quantitative estimate of drug-likeness (QED) is 0.850. The van der Waals surface area contributed by atoms with E-state index in [0.29, 0.717) is 11.3 Å². The van der Waals surface area contributed by atoms with E-state index in [0.717, 1.165) is 12.2 Å².